The minimum Gasteiger partial charge on any atom is -0.484 e. The highest BCUT2D eigenvalue weighted by atomic mass is 16.5. The van der Waals surface area contributed by atoms with Crippen molar-refractivity contribution in [2.24, 2.45) is 0 Å². The van der Waals surface area contributed by atoms with E-state index in [1.807, 2.05) is 37.3 Å². The van der Waals surface area contributed by atoms with Gasteiger partial charge in [0.2, 0.25) is 0 Å². The van der Waals surface area contributed by atoms with Crippen molar-refractivity contribution in [1.29, 1.82) is 0 Å². The van der Waals surface area contributed by atoms with E-state index in [0.717, 1.165) is 12.0 Å². The topological polar surface area (TPSA) is 67.4 Å². The summed E-state index contributed by atoms with van der Waals surface area (Å²) in [6, 6.07) is 14.8. The van der Waals surface area contributed by atoms with Gasteiger partial charge in [0.25, 0.3) is 11.8 Å². The van der Waals surface area contributed by atoms with Crippen molar-refractivity contribution in [3.05, 3.63) is 65.2 Å². The molecule has 0 spiro atoms. The van der Waals surface area contributed by atoms with Crippen molar-refractivity contribution >= 4 is 11.8 Å². The molecule has 2 rings (SSSR count). The van der Waals surface area contributed by atoms with Gasteiger partial charge in [-0.1, -0.05) is 50.6 Å². The number of rotatable bonds is 6. The number of nitrogens with one attached hydrogen (secondary N) is 2. The van der Waals surface area contributed by atoms with Gasteiger partial charge >= 0.3 is 0 Å². The first-order valence-electron chi connectivity index (χ1n) is 8.71. The molecule has 0 bridgehead atoms. The molecule has 0 heterocycles. The molecule has 5 nitrogen and oxygen atoms in total. The minimum atomic E-state index is -0.427. The maximum absolute atomic E-state index is 12.0. The van der Waals surface area contributed by atoms with Crippen LogP contribution in [0.5, 0.6) is 5.75 Å². The molecule has 0 saturated carbocycles. The molecular formula is C21H26N2O3. The van der Waals surface area contributed by atoms with Crippen LogP contribution in [0.1, 0.15) is 48.7 Å². The third-order valence-electron chi connectivity index (χ3n) is 4.49. The Morgan fingerprint density at radius 3 is 2.35 bits per heavy atom. The number of hydrazine groups is 1. The first-order valence-corrected chi connectivity index (χ1v) is 8.71. The quantitative estimate of drug-likeness (QED) is 0.780. The van der Waals surface area contributed by atoms with Crippen LogP contribution in [0, 0.1) is 6.92 Å². The van der Waals surface area contributed by atoms with Crippen LogP contribution in [0.25, 0.3) is 0 Å². The first-order chi connectivity index (χ1) is 12.3. The van der Waals surface area contributed by atoms with Crippen LogP contribution in [0.2, 0.25) is 0 Å². The maximum atomic E-state index is 12.0. The summed E-state index contributed by atoms with van der Waals surface area (Å²) in [4.78, 5) is 23.8. The lowest BCUT2D eigenvalue weighted by Crippen LogP contribution is -2.43. The minimum absolute atomic E-state index is 0.107. The van der Waals surface area contributed by atoms with Crippen molar-refractivity contribution in [1.82, 2.24) is 10.9 Å². The lowest BCUT2D eigenvalue weighted by Gasteiger charge is -2.23. The molecule has 0 aliphatic rings. The van der Waals surface area contributed by atoms with E-state index in [0.29, 0.717) is 11.3 Å². The molecule has 2 amide bonds. The average molecular weight is 354 g/mol. The van der Waals surface area contributed by atoms with Gasteiger partial charge in [-0.15, -0.1) is 0 Å². The van der Waals surface area contributed by atoms with Crippen LogP contribution in [-0.2, 0) is 10.2 Å². The molecule has 0 atom stereocenters. The second kappa shape index (κ2) is 8.52. The molecule has 0 unspecified atom stereocenters. The molecule has 2 aromatic carbocycles. The predicted octanol–water partition coefficient (Wildman–Crippen LogP) is 3.52. The van der Waals surface area contributed by atoms with E-state index in [2.05, 4.69) is 31.6 Å². The summed E-state index contributed by atoms with van der Waals surface area (Å²) in [5.41, 5.74) is 7.52. The second-order valence-corrected chi connectivity index (χ2v) is 6.92. The van der Waals surface area contributed by atoms with Gasteiger partial charge < -0.3 is 4.74 Å². The zero-order valence-electron chi connectivity index (χ0n) is 15.8. The van der Waals surface area contributed by atoms with Gasteiger partial charge in [-0.2, -0.15) is 0 Å². The number of carbonyl (C=O) groups is 2. The Bertz CT molecular complexity index is 767. The van der Waals surface area contributed by atoms with E-state index in [4.69, 9.17) is 4.74 Å². The van der Waals surface area contributed by atoms with Gasteiger partial charge in [-0.05, 0) is 48.6 Å². The Hall–Kier alpha value is -2.82. The van der Waals surface area contributed by atoms with Crippen LogP contribution in [0.4, 0.5) is 0 Å². The van der Waals surface area contributed by atoms with Crippen molar-refractivity contribution < 1.29 is 14.3 Å². The molecule has 0 radical (unpaired) electrons. The summed E-state index contributed by atoms with van der Waals surface area (Å²) in [7, 11) is 0. The number of hydrogen-bond donors (Lipinski definition) is 2. The van der Waals surface area contributed by atoms with Crippen molar-refractivity contribution in [3.8, 4) is 5.75 Å². The highest BCUT2D eigenvalue weighted by Gasteiger charge is 2.17. The van der Waals surface area contributed by atoms with Crippen molar-refractivity contribution in [2.75, 3.05) is 6.61 Å². The summed E-state index contributed by atoms with van der Waals surface area (Å²) in [6.07, 6.45) is 1.04. The van der Waals surface area contributed by atoms with Gasteiger partial charge in [0.1, 0.15) is 5.75 Å². The number of benzene rings is 2. The van der Waals surface area contributed by atoms with E-state index in [1.165, 1.54) is 5.56 Å². The fourth-order valence-corrected chi connectivity index (χ4v) is 2.38. The molecular weight excluding hydrogens is 328 g/mol. The molecule has 5 heteroatoms. The average Bonchev–Trinajstić information content (AvgIpc) is 2.64. The summed E-state index contributed by atoms with van der Waals surface area (Å²) < 4.78 is 5.46. The zero-order chi connectivity index (χ0) is 19.2. The van der Waals surface area contributed by atoms with E-state index >= 15 is 0 Å². The van der Waals surface area contributed by atoms with E-state index in [-0.39, 0.29) is 17.9 Å². The zero-order valence-corrected chi connectivity index (χ0v) is 15.8. The van der Waals surface area contributed by atoms with E-state index in [1.54, 1.807) is 18.2 Å². The number of ether oxygens (including phenoxy) is 1. The smallest absolute Gasteiger partial charge is 0.276 e. The van der Waals surface area contributed by atoms with Gasteiger partial charge in [-0.25, -0.2) is 0 Å². The third kappa shape index (κ3) is 5.34. The summed E-state index contributed by atoms with van der Waals surface area (Å²) >= 11 is 0. The second-order valence-electron chi connectivity index (χ2n) is 6.92. The van der Waals surface area contributed by atoms with Crippen LogP contribution in [-0.4, -0.2) is 18.4 Å². The molecule has 0 saturated heterocycles. The fourth-order valence-electron chi connectivity index (χ4n) is 2.38. The predicted molar refractivity (Wildman–Crippen MR) is 102 cm³/mol. The largest absolute Gasteiger partial charge is 0.484 e. The molecule has 138 valence electrons. The number of amides is 2. The van der Waals surface area contributed by atoms with Gasteiger partial charge in [0.15, 0.2) is 6.61 Å². The molecule has 2 aromatic rings. The first kappa shape index (κ1) is 19.5. The molecule has 0 aromatic heterocycles. The summed E-state index contributed by atoms with van der Waals surface area (Å²) in [5, 5.41) is 0. The molecule has 0 fully saturated rings. The third-order valence-corrected chi connectivity index (χ3v) is 4.49. The number of carbonyl (C=O) groups excluding carboxylic acids is 2. The Kier molecular flexibility index (Phi) is 6.39. The van der Waals surface area contributed by atoms with Crippen LogP contribution in [0.15, 0.2) is 48.5 Å². The summed E-state index contributed by atoms with van der Waals surface area (Å²) in [6.45, 7) is 8.25. The molecule has 2 N–H and O–H groups in total. The summed E-state index contributed by atoms with van der Waals surface area (Å²) in [5.74, 6) is -0.182. The van der Waals surface area contributed by atoms with Gasteiger partial charge in [-0.3, -0.25) is 20.4 Å². The normalized spacial score (nSPS) is 10.9. The van der Waals surface area contributed by atoms with Crippen LogP contribution in [0.3, 0.4) is 0 Å². The van der Waals surface area contributed by atoms with Crippen LogP contribution >= 0.6 is 0 Å². The van der Waals surface area contributed by atoms with E-state index < -0.39 is 5.91 Å². The Balaban J connectivity index is 1.81. The van der Waals surface area contributed by atoms with Gasteiger partial charge in [0.05, 0.1) is 0 Å². The molecule has 0 aliphatic carbocycles. The Morgan fingerprint density at radius 1 is 1.04 bits per heavy atom. The molecule has 0 aliphatic heterocycles. The SMILES string of the molecule is CCC(C)(C)c1ccc(OCC(=O)NNC(=O)c2cccc(C)c2)cc1. The fraction of sp³-hybridized carbons (Fsp3) is 0.333. The van der Waals surface area contributed by atoms with Crippen LogP contribution < -0.4 is 15.6 Å². The standard InChI is InChI=1S/C21H26N2O3/c1-5-21(3,4)17-9-11-18(12-10-17)26-14-19(24)22-23-20(25)16-8-6-7-15(2)13-16/h6-13H,5,14H2,1-4H3,(H,22,24)(H,23,25). The lowest BCUT2D eigenvalue weighted by atomic mass is 9.82. The highest BCUT2D eigenvalue weighted by molar-refractivity contribution is 5.95. The Morgan fingerprint density at radius 2 is 1.73 bits per heavy atom. The van der Waals surface area contributed by atoms with Crippen molar-refractivity contribution in [2.45, 2.75) is 39.5 Å². The monoisotopic (exact) mass is 354 g/mol. The maximum Gasteiger partial charge on any atom is 0.276 e. The van der Waals surface area contributed by atoms with Gasteiger partial charge in [0, 0.05) is 5.56 Å². The lowest BCUT2D eigenvalue weighted by molar-refractivity contribution is -0.123. The molecule has 26 heavy (non-hydrogen) atoms. The van der Waals surface area contributed by atoms with E-state index in [9.17, 15) is 9.59 Å². The highest BCUT2D eigenvalue weighted by Crippen LogP contribution is 2.27. The number of aryl methyl sites for hydroxylation is 1. The van der Waals surface area contributed by atoms with Crippen molar-refractivity contribution in [3.63, 3.8) is 0 Å². The number of hydrogen-bond acceptors (Lipinski definition) is 3. The Labute approximate surface area is 154 Å².